The highest BCUT2D eigenvalue weighted by molar-refractivity contribution is 14.1. The van der Waals surface area contributed by atoms with Crippen LogP contribution < -0.4 is 0 Å². The van der Waals surface area contributed by atoms with Crippen LogP contribution in [-0.4, -0.2) is 14.6 Å². The number of hydrogen-bond acceptors (Lipinski definition) is 2. The lowest BCUT2D eigenvalue weighted by atomic mass is 10.3. The van der Waals surface area contributed by atoms with E-state index in [1.165, 1.54) is 3.57 Å². The lowest BCUT2D eigenvalue weighted by molar-refractivity contribution is 1.10. The molecule has 0 saturated heterocycles. The van der Waals surface area contributed by atoms with E-state index in [2.05, 4.69) is 38.9 Å². The highest BCUT2D eigenvalue weighted by atomic mass is 127. The second-order valence-electron chi connectivity index (χ2n) is 2.40. The van der Waals surface area contributed by atoms with Gasteiger partial charge in [0.05, 0.1) is 0 Å². The molecule has 0 fully saturated rings. The number of hydrogen-bond donors (Lipinski definition) is 0. The second kappa shape index (κ2) is 2.44. The Labute approximate surface area is 77.6 Å². The van der Waals surface area contributed by atoms with Crippen molar-refractivity contribution in [2.24, 2.45) is 0 Å². The number of pyridine rings is 1. The molecule has 2 aromatic rings. The van der Waals surface area contributed by atoms with E-state index in [1.807, 2.05) is 17.5 Å². The minimum Gasteiger partial charge on any atom is -0.288 e. The fourth-order valence-corrected chi connectivity index (χ4v) is 1.83. The maximum absolute atomic E-state index is 3.97. The van der Waals surface area contributed by atoms with Gasteiger partial charge in [-0.25, -0.2) is 0 Å². The molecule has 0 aliphatic rings. The molecular formula is C7H6IN3. The zero-order valence-corrected chi connectivity index (χ0v) is 8.11. The number of rotatable bonds is 0. The van der Waals surface area contributed by atoms with Crippen molar-refractivity contribution in [3.8, 4) is 0 Å². The lowest BCUT2D eigenvalue weighted by Crippen LogP contribution is -1.87. The number of aryl methyl sites for hydroxylation is 1. The van der Waals surface area contributed by atoms with Crippen LogP contribution in [0.25, 0.3) is 5.65 Å². The van der Waals surface area contributed by atoms with Gasteiger partial charge in [-0.15, -0.1) is 10.2 Å². The Bertz CT molecular complexity index is 393. The van der Waals surface area contributed by atoms with Gasteiger partial charge in [0.2, 0.25) is 0 Å². The Kier molecular flexibility index (Phi) is 1.56. The molecule has 2 heterocycles. The summed E-state index contributed by atoms with van der Waals surface area (Å²) < 4.78 is 3.13. The highest BCUT2D eigenvalue weighted by Gasteiger charge is 1.99. The van der Waals surface area contributed by atoms with Crippen molar-refractivity contribution in [3.63, 3.8) is 0 Å². The molecule has 4 heteroatoms. The first kappa shape index (κ1) is 7.02. The van der Waals surface area contributed by atoms with Crippen LogP contribution in [0.1, 0.15) is 5.56 Å². The van der Waals surface area contributed by atoms with Gasteiger partial charge in [-0.2, -0.15) is 0 Å². The van der Waals surface area contributed by atoms with Gasteiger partial charge in [0.1, 0.15) is 6.33 Å². The molecule has 0 saturated carbocycles. The summed E-state index contributed by atoms with van der Waals surface area (Å²) in [5.74, 6) is 0. The van der Waals surface area contributed by atoms with Gasteiger partial charge in [-0.1, -0.05) is 0 Å². The molecule has 0 unspecified atom stereocenters. The van der Waals surface area contributed by atoms with E-state index in [4.69, 9.17) is 0 Å². The van der Waals surface area contributed by atoms with E-state index in [0.717, 1.165) is 11.2 Å². The van der Waals surface area contributed by atoms with Crippen LogP contribution in [0.5, 0.6) is 0 Å². The van der Waals surface area contributed by atoms with Gasteiger partial charge < -0.3 is 0 Å². The Morgan fingerprint density at radius 2 is 2.36 bits per heavy atom. The molecule has 0 bridgehead atoms. The van der Waals surface area contributed by atoms with Gasteiger partial charge in [0.25, 0.3) is 0 Å². The molecule has 2 rings (SSSR count). The summed E-state index contributed by atoms with van der Waals surface area (Å²) in [6.45, 7) is 2.03. The molecule has 2 aromatic heterocycles. The fraction of sp³-hybridized carbons (Fsp3) is 0.143. The maximum atomic E-state index is 3.97. The minimum absolute atomic E-state index is 0.936. The van der Waals surface area contributed by atoms with Crippen LogP contribution in [0.2, 0.25) is 0 Å². The third kappa shape index (κ3) is 1.11. The van der Waals surface area contributed by atoms with Gasteiger partial charge in [-0.3, -0.25) is 4.40 Å². The predicted molar refractivity (Wildman–Crippen MR) is 50.4 cm³/mol. The number of aromatic nitrogens is 3. The SMILES string of the molecule is Cc1cc(I)cn2cnnc12. The molecule has 0 spiro atoms. The minimum atomic E-state index is 0.936. The van der Waals surface area contributed by atoms with Crippen molar-refractivity contribution in [1.29, 1.82) is 0 Å². The molecule has 56 valence electrons. The zero-order chi connectivity index (χ0) is 7.84. The van der Waals surface area contributed by atoms with E-state index in [-0.39, 0.29) is 0 Å². The van der Waals surface area contributed by atoms with Crippen molar-refractivity contribution in [2.45, 2.75) is 6.92 Å². The summed E-state index contributed by atoms with van der Waals surface area (Å²) in [4.78, 5) is 0. The van der Waals surface area contributed by atoms with Gasteiger partial charge in [0, 0.05) is 9.77 Å². The maximum Gasteiger partial charge on any atom is 0.163 e. The third-order valence-corrected chi connectivity index (χ3v) is 2.13. The third-order valence-electron chi connectivity index (χ3n) is 1.54. The average molecular weight is 259 g/mol. The Morgan fingerprint density at radius 3 is 3.18 bits per heavy atom. The van der Waals surface area contributed by atoms with E-state index >= 15 is 0 Å². The van der Waals surface area contributed by atoms with Crippen molar-refractivity contribution in [1.82, 2.24) is 14.6 Å². The van der Waals surface area contributed by atoms with Crippen molar-refractivity contribution in [3.05, 3.63) is 27.7 Å². The number of nitrogens with zero attached hydrogens (tertiary/aromatic N) is 3. The first-order chi connectivity index (χ1) is 5.27. The summed E-state index contributed by atoms with van der Waals surface area (Å²) in [6.07, 6.45) is 3.72. The molecule has 0 amide bonds. The molecule has 11 heavy (non-hydrogen) atoms. The smallest absolute Gasteiger partial charge is 0.163 e. The zero-order valence-electron chi connectivity index (χ0n) is 5.95. The van der Waals surface area contributed by atoms with Gasteiger partial charge in [0.15, 0.2) is 5.65 Å². The van der Waals surface area contributed by atoms with Crippen molar-refractivity contribution in [2.75, 3.05) is 0 Å². The van der Waals surface area contributed by atoms with E-state index in [1.54, 1.807) is 6.33 Å². The fourth-order valence-electron chi connectivity index (χ4n) is 1.06. The Hall–Kier alpha value is -0.650. The summed E-state index contributed by atoms with van der Waals surface area (Å²) in [5.41, 5.74) is 2.10. The van der Waals surface area contributed by atoms with Crippen molar-refractivity contribution < 1.29 is 0 Å². The normalized spacial score (nSPS) is 10.7. The van der Waals surface area contributed by atoms with Crippen LogP contribution in [-0.2, 0) is 0 Å². The summed E-state index contributed by atoms with van der Waals surface area (Å²) >= 11 is 2.27. The van der Waals surface area contributed by atoms with Crippen molar-refractivity contribution >= 4 is 28.2 Å². The highest BCUT2D eigenvalue weighted by Crippen LogP contribution is 2.11. The van der Waals surface area contributed by atoms with Gasteiger partial charge >= 0.3 is 0 Å². The standard InChI is InChI=1S/C7H6IN3/c1-5-2-6(8)3-11-4-9-10-7(5)11/h2-4H,1H3. The molecular weight excluding hydrogens is 253 g/mol. The van der Waals surface area contributed by atoms with E-state index in [0.29, 0.717) is 0 Å². The monoisotopic (exact) mass is 259 g/mol. The molecule has 0 N–H and O–H groups in total. The second-order valence-corrected chi connectivity index (χ2v) is 3.65. The Morgan fingerprint density at radius 1 is 1.55 bits per heavy atom. The molecule has 3 nitrogen and oxygen atoms in total. The molecule has 0 aliphatic heterocycles. The summed E-state index contributed by atoms with van der Waals surface area (Å²) in [6, 6.07) is 2.09. The average Bonchev–Trinajstić information content (AvgIpc) is 2.34. The number of halogens is 1. The first-order valence-electron chi connectivity index (χ1n) is 3.23. The molecule has 0 aromatic carbocycles. The molecule has 0 atom stereocenters. The van der Waals surface area contributed by atoms with Crippen LogP contribution in [0.3, 0.4) is 0 Å². The van der Waals surface area contributed by atoms with E-state index < -0.39 is 0 Å². The molecule has 0 radical (unpaired) electrons. The van der Waals surface area contributed by atoms with Crippen LogP contribution in [0, 0.1) is 10.5 Å². The van der Waals surface area contributed by atoms with E-state index in [9.17, 15) is 0 Å². The topological polar surface area (TPSA) is 30.2 Å². The largest absolute Gasteiger partial charge is 0.288 e. The first-order valence-corrected chi connectivity index (χ1v) is 4.31. The summed E-state index contributed by atoms with van der Waals surface area (Å²) in [5, 5.41) is 7.78. The molecule has 0 aliphatic carbocycles. The van der Waals surface area contributed by atoms with Crippen LogP contribution >= 0.6 is 22.6 Å². The van der Waals surface area contributed by atoms with Crippen LogP contribution in [0.4, 0.5) is 0 Å². The quantitative estimate of drug-likeness (QED) is 0.673. The lowest BCUT2D eigenvalue weighted by Gasteiger charge is -1.96. The predicted octanol–water partition coefficient (Wildman–Crippen LogP) is 1.64. The Balaban J connectivity index is 2.91. The van der Waals surface area contributed by atoms with Crippen LogP contribution in [0.15, 0.2) is 18.6 Å². The summed E-state index contributed by atoms with van der Waals surface area (Å²) in [7, 11) is 0. The van der Waals surface area contributed by atoms with Gasteiger partial charge in [-0.05, 0) is 41.1 Å². The number of fused-ring (bicyclic) bond motifs is 1.